The SMILES string of the molecule is CCOc1ccccc1OCc1nnc(CCCl)o1. The predicted molar refractivity (Wildman–Crippen MR) is 70.7 cm³/mol. The van der Waals surface area contributed by atoms with Crippen molar-refractivity contribution < 1.29 is 13.9 Å². The molecule has 0 N–H and O–H groups in total. The Morgan fingerprint density at radius 3 is 2.47 bits per heavy atom. The fraction of sp³-hybridized carbons (Fsp3) is 0.385. The van der Waals surface area contributed by atoms with Crippen LogP contribution < -0.4 is 9.47 Å². The summed E-state index contributed by atoms with van der Waals surface area (Å²) < 4.78 is 16.4. The molecule has 0 bridgehead atoms. The van der Waals surface area contributed by atoms with Gasteiger partial charge in [0.15, 0.2) is 18.1 Å². The van der Waals surface area contributed by atoms with Crippen LogP contribution in [0.4, 0.5) is 0 Å². The van der Waals surface area contributed by atoms with Crippen molar-refractivity contribution in [1.29, 1.82) is 0 Å². The largest absolute Gasteiger partial charge is 0.490 e. The zero-order chi connectivity index (χ0) is 13.5. The number of ether oxygens (including phenoxy) is 2. The third-order valence-electron chi connectivity index (χ3n) is 2.32. The number of para-hydroxylation sites is 2. The molecule has 0 unspecified atom stereocenters. The molecule has 0 fully saturated rings. The number of aryl methyl sites for hydroxylation is 1. The van der Waals surface area contributed by atoms with Crippen molar-refractivity contribution in [3.05, 3.63) is 36.0 Å². The van der Waals surface area contributed by atoms with Crippen molar-refractivity contribution in [3.8, 4) is 11.5 Å². The first-order valence-corrected chi connectivity index (χ1v) is 6.58. The average Bonchev–Trinajstić information content (AvgIpc) is 2.86. The summed E-state index contributed by atoms with van der Waals surface area (Å²) in [4.78, 5) is 0. The minimum absolute atomic E-state index is 0.208. The van der Waals surface area contributed by atoms with Gasteiger partial charge in [0, 0.05) is 12.3 Å². The summed E-state index contributed by atoms with van der Waals surface area (Å²) in [6, 6.07) is 7.46. The summed E-state index contributed by atoms with van der Waals surface area (Å²) in [6.45, 7) is 2.72. The van der Waals surface area contributed by atoms with Gasteiger partial charge in [-0.3, -0.25) is 0 Å². The summed E-state index contributed by atoms with van der Waals surface area (Å²) in [5, 5.41) is 7.75. The van der Waals surface area contributed by atoms with Crippen LogP contribution in [0.15, 0.2) is 28.7 Å². The van der Waals surface area contributed by atoms with Gasteiger partial charge in [-0.15, -0.1) is 21.8 Å². The van der Waals surface area contributed by atoms with E-state index in [2.05, 4.69) is 10.2 Å². The Morgan fingerprint density at radius 1 is 1.11 bits per heavy atom. The second kappa shape index (κ2) is 6.99. The van der Waals surface area contributed by atoms with Crippen molar-refractivity contribution in [2.24, 2.45) is 0 Å². The number of benzene rings is 1. The summed E-state index contributed by atoms with van der Waals surface area (Å²) in [7, 11) is 0. The Morgan fingerprint density at radius 2 is 1.79 bits per heavy atom. The lowest BCUT2D eigenvalue weighted by Crippen LogP contribution is -1.99. The van der Waals surface area contributed by atoms with E-state index in [1.807, 2.05) is 31.2 Å². The van der Waals surface area contributed by atoms with Gasteiger partial charge in [0.05, 0.1) is 6.61 Å². The Labute approximate surface area is 116 Å². The number of aromatic nitrogens is 2. The lowest BCUT2D eigenvalue weighted by atomic mass is 10.3. The maximum absolute atomic E-state index is 5.61. The van der Waals surface area contributed by atoms with Crippen LogP contribution in [-0.4, -0.2) is 22.7 Å². The summed E-state index contributed by atoms with van der Waals surface area (Å²) in [5.41, 5.74) is 0. The van der Waals surface area contributed by atoms with Crippen molar-refractivity contribution in [1.82, 2.24) is 10.2 Å². The van der Waals surface area contributed by atoms with E-state index >= 15 is 0 Å². The number of hydrogen-bond donors (Lipinski definition) is 0. The molecule has 0 aliphatic rings. The minimum Gasteiger partial charge on any atom is -0.490 e. The topological polar surface area (TPSA) is 57.4 Å². The van der Waals surface area contributed by atoms with Crippen LogP contribution in [0.5, 0.6) is 11.5 Å². The number of alkyl halides is 1. The van der Waals surface area contributed by atoms with Crippen LogP contribution in [0.1, 0.15) is 18.7 Å². The van der Waals surface area contributed by atoms with Gasteiger partial charge in [-0.1, -0.05) is 12.1 Å². The normalized spacial score (nSPS) is 10.4. The third kappa shape index (κ3) is 3.86. The van der Waals surface area contributed by atoms with Gasteiger partial charge in [0.1, 0.15) is 0 Å². The molecule has 102 valence electrons. The summed E-state index contributed by atoms with van der Waals surface area (Å²) >= 11 is 5.60. The van der Waals surface area contributed by atoms with Crippen molar-refractivity contribution in [2.75, 3.05) is 12.5 Å². The van der Waals surface area contributed by atoms with Crippen LogP contribution in [0.25, 0.3) is 0 Å². The molecule has 0 radical (unpaired) electrons. The molecule has 0 atom stereocenters. The molecule has 0 spiro atoms. The average molecular weight is 283 g/mol. The second-order valence-electron chi connectivity index (χ2n) is 3.70. The van der Waals surface area contributed by atoms with Gasteiger partial charge in [-0.25, -0.2) is 0 Å². The molecule has 2 rings (SSSR count). The molecule has 1 aromatic heterocycles. The van der Waals surface area contributed by atoms with E-state index in [1.165, 1.54) is 0 Å². The molecule has 1 heterocycles. The van der Waals surface area contributed by atoms with Crippen LogP contribution in [-0.2, 0) is 13.0 Å². The lowest BCUT2D eigenvalue weighted by Gasteiger charge is -2.09. The number of halogens is 1. The highest BCUT2D eigenvalue weighted by Gasteiger charge is 2.08. The van der Waals surface area contributed by atoms with Crippen LogP contribution in [0.2, 0.25) is 0 Å². The van der Waals surface area contributed by atoms with Gasteiger partial charge in [0.25, 0.3) is 5.89 Å². The molecule has 5 nitrogen and oxygen atoms in total. The van der Waals surface area contributed by atoms with Gasteiger partial charge >= 0.3 is 0 Å². The van der Waals surface area contributed by atoms with E-state index in [0.29, 0.717) is 42.2 Å². The molecule has 0 aliphatic heterocycles. The maximum atomic E-state index is 5.61. The first-order chi connectivity index (χ1) is 9.33. The van der Waals surface area contributed by atoms with E-state index in [0.717, 1.165) is 0 Å². The van der Waals surface area contributed by atoms with E-state index < -0.39 is 0 Å². The summed E-state index contributed by atoms with van der Waals surface area (Å²) in [5.74, 6) is 2.75. The molecule has 1 aromatic carbocycles. The molecule has 2 aromatic rings. The monoisotopic (exact) mass is 282 g/mol. The van der Waals surface area contributed by atoms with Crippen LogP contribution >= 0.6 is 11.6 Å². The number of hydrogen-bond acceptors (Lipinski definition) is 5. The van der Waals surface area contributed by atoms with Gasteiger partial charge in [0.2, 0.25) is 5.89 Å². The van der Waals surface area contributed by atoms with Gasteiger partial charge < -0.3 is 13.9 Å². The molecule has 19 heavy (non-hydrogen) atoms. The highest BCUT2D eigenvalue weighted by Crippen LogP contribution is 2.27. The Balaban J connectivity index is 1.97. The van der Waals surface area contributed by atoms with Crippen molar-refractivity contribution in [2.45, 2.75) is 20.0 Å². The quantitative estimate of drug-likeness (QED) is 0.731. The molecule has 6 heteroatoms. The number of rotatable bonds is 7. The van der Waals surface area contributed by atoms with Crippen molar-refractivity contribution >= 4 is 11.6 Å². The highest BCUT2D eigenvalue weighted by molar-refractivity contribution is 6.17. The van der Waals surface area contributed by atoms with E-state index in [1.54, 1.807) is 0 Å². The highest BCUT2D eigenvalue weighted by atomic mass is 35.5. The minimum atomic E-state index is 0.208. The lowest BCUT2D eigenvalue weighted by molar-refractivity contribution is 0.240. The van der Waals surface area contributed by atoms with E-state index in [-0.39, 0.29) is 6.61 Å². The third-order valence-corrected chi connectivity index (χ3v) is 2.51. The Hall–Kier alpha value is -1.75. The van der Waals surface area contributed by atoms with Crippen molar-refractivity contribution in [3.63, 3.8) is 0 Å². The Bertz CT molecular complexity index is 516. The Kier molecular flexibility index (Phi) is 5.03. The van der Waals surface area contributed by atoms with Crippen LogP contribution in [0.3, 0.4) is 0 Å². The van der Waals surface area contributed by atoms with E-state index in [4.69, 9.17) is 25.5 Å². The predicted octanol–water partition coefficient (Wildman–Crippen LogP) is 2.83. The molecule has 0 aliphatic carbocycles. The van der Waals surface area contributed by atoms with Gasteiger partial charge in [-0.05, 0) is 19.1 Å². The van der Waals surface area contributed by atoms with E-state index in [9.17, 15) is 0 Å². The smallest absolute Gasteiger partial charge is 0.253 e. The second-order valence-corrected chi connectivity index (χ2v) is 4.07. The summed E-state index contributed by atoms with van der Waals surface area (Å²) in [6.07, 6.45) is 0.560. The molecule has 0 saturated carbocycles. The van der Waals surface area contributed by atoms with Crippen LogP contribution in [0, 0.1) is 0 Å². The number of nitrogens with zero attached hydrogens (tertiary/aromatic N) is 2. The fourth-order valence-corrected chi connectivity index (χ4v) is 1.67. The standard InChI is InChI=1S/C13H15ClN2O3/c1-2-17-10-5-3-4-6-11(10)18-9-13-16-15-12(19-13)7-8-14/h3-6H,2,7-9H2,1H3. The molecule has 0 saturated heterocycles. The van der Waals surface area contributed by atoms with Gasteiger partial charge in [-0.2, -0.15) is 0 Å². The first kappa shape index (κ1) is 13.7. The molecular formula is C13H15ClN2O3. The molecule has 0 amide bonds. The maximum Gasteiger partial charge on any atom is 0.253 e. The first-order valence-electron chi connectivity index (χ1n) is 6.05. The molecular weight excluding hydrogens is 268 g/mol. The fourth-order valence-electron chi connectivity index (χ4n) is 1.51. The zero-order valence-corrected chi connectivity index (χ0v) is 11.4. The zero-order valence-electron chi connectivity index (χ0n) is 10.6.